The second-order valence-electron chi connectivity index (χ2n) is 10.1. The molecule has 0 atom stereocenters. The lowest BCUT2D eigenvalue weighted by Crippen LogP contribution is -2.38. The van der Waals surface area contributed by atoms with Gasteiger partial charge in [-0.1, -0.05) is 13.8 Å². The second-order valence-corrected chi connectivity index (χ2v) is 12.0. The van der Waals surface area contributed by atoms with E-state index in [1.54, 1.807) is 4.31 Å². The zero-order valence-corrected chi connectivity index (χ0v) is 22.0. The topological polar surface area (TPSA) is 97.9 Å². The molecule has 5 heterocycles. The molecule has 0 aromatic carbocycles. The molecule has 5 rings (SSSR count). The molecule has 190 valence electrons. The van der Waals surface area contributed by atoms with Crippen LogP contribution < -0.4 is 5.32 Å². The highest BCUT2D eigenvalue weighted by Gasteiger charge is 2.25. The minimum Gasteiger partial charge on any atom is -0.337 e. The minimum atomic E-state index is -3.11. The Morgan fingerprint density at radius 1 is 1.06 bits per heavy atom. The molecule has 1 N–H and O–H groups in total. The summed E-state index contributed by atoms with van der Waals surface area (Å²) in [6.07, 6.45) is 10.9. The number of piperidine rings is 1. The summed E-state index contributed by atoms with van der Waals surface area (Å²) in [5.41, 5.74) is 4.89. The molecule has 0 amide bonds. The van der Waals surface area contributed by atoms with Gasteiger partial charge in [0.2, 0.25) is 10.0 Å². The van der Waals surface area contributed by atoms with Crippen molar-refractivity contribution in [3.63, 3.8) is 0 Å². The van der Waals surface area contributed by atoms with E-state index in [1.807, 2.05) is 48.5 Å². The normalized spacial score (nSPS) is 15.7. The smallest absolute Gasteiger partial charge is 0.211 e. The maximum Gasteiger partial charge on any atom is 0.211 e. The van der Waals surface area contributed by atoms with Gasteiger partial charge >= 0.3 is 0 Å². The third kappa shape index (κ3) is 5.29. The van der Waals surface area contributed by atoms with Crippen LogP contribution in [0.5, 0.6) is 0 Å². The Hall–Kier alpha value is -3.24. The Balaban J connectivity index is 1.30. The van der Waals surface area contributed by atoms with E-state index in [-0.39, 0.29) is 0 Å². The van der Waals surface area contributed by atoms with Crippen LogP contribution in [0, 0.1) is 5.92 Å². The summed E-state index contributed by atoms with van der Waals surface area (Å²) < 4.78 is 29.1. The second kappa shape index (κ2) is 9.67. The molecule has 36 heavy (non-hydrogen) atoms. The molecule has 0 spiro atoms. The summed E-state index contributed by atoms with van der Waals surface area (Å²) in [5.74, 6) is 2.64. The maximum atomic E-state index is 11.7. The number of hydrogen-bond donors (Lipinski definition) is 1. The lowest BCUT2D eigenvalue weighted by molar-refractivity contribution is 0.248. The van der Waals surface area contributed by atoms with E-state index < -0.39 is 10.0 Å². The average molecular weight is 508 g/mol. The van der Waals surface area contributed by atoms with Gasteiger partial charge in [-0.3, -0.25) is 9.67 Å². The van der Waals surface area contributed by atoms with E-state index in [2.05, 4.69) is 46.1 Å². The highest BCUT2D eigenvalue weighted by molar-refractivity contribution is 7.88. The monoisotopic (exact) mass is 507 g/mol. The third-order valence-corrected chi connectivity index (χ3v) is 8.24. The molecule has 0 radical (unpaired) electrons. The Kier molecular flexibility index (Phi) is 6.57. The maximum absolute atomic E-state index is 11.7. The van der Waals surface area contributed by atoms with Gasteiger partial charge in [-0.15, -0.1) is 0 Å². The molecule has 4 aromatic heterocycles. The zero-order valence-electron chi connectivity index (χ0n) is 21.2. The Morgan fingerprint density at radius 2 is 1.83 bits per heavy atom. The fourth-order valence-corrected chi connectivity index (χ4v) is 5.57. The van der Waals surface area contributed by atoms with Gasteiger partial charge in [-0.2, -0.15) is 5.10 Å². The Labute approximate surface area is 212 Å². The third-order valence-electron chi connectivity index (χ3n) is 6.94. The average Bonchev–Trinajstić information content (AvgIpc) is 3.45. The van der Waals surface area contributed by atoms with E-state index in [9.17, 15) is 8.42 Å². The summed E-state index contributed by atoms with van der Waals surface area (Å²) in [6, 6.07) is 8.13. The quantitative estimate of drug-likeness (QED) is 0.399. The van der Waals surface area contributed by atoms with Gasteiger partial charge in [0.1, 0.15) is 11.6 Å². The number of nitrogens with zero attached hydrogens (tertiary/aromatic N) is 6. The number of hydrogen-bond acceptors (Lipinski definition) is 6. The van der Waals surface area contributed by atoms with Gasteiger partial charge < -0.3 is 9.88 Å². The van der Waals surface area contributed by atoms with Crippen LogP contribution in [0.25, 0.3) is 22.2 Å². The molecule has 0 saturated carbocycles. The fourth-order valence-electron chi connectivity index (χ4n) is 4.70. The van der Waals surface area contributed by atoms with Crippen molar-refractivity contribution in [2.24, 2.45) is 13.0 Å². The van der Waals surface area contributed by atoms with Crippen molar-refractivity contribution >= 4 is 32.7 Å². The van der Waals surface area contributed by atoms with Gasteiger partial charge in [0, 0.05) is 56.4 Å². The number of sulfonamides is 1. The van der Waals surface area contributed by atoms with E-state index in [4.69, 9.17) is 4.98 Å². The van der Waals surface area contributed by atoms with Gasteiger partial charge in [-0.25, -0.2) is 17.7 Å². The van der Waals surface area contributed by atoms with Gasteiger partial charge in [0.05, 0.1) is 23.5 Å². The first kappa shape index (κ1) is 24.5. The molecule has 1 aliphatic rings. The largest absolute Gasteiger partial charge is 0.337 e. The van der Waals surface area contributed by atoms with Crippen molar-refractivity contribution in [3.05, 3.63) is 54.6 Å². The molecule has 0 bridgehead atoms. The lowest BCUT2D eigenvalue weighted by Gasteiger charge is -2.30. The molecule has 0 unspecified atom stereocenters. The van der Waals surface area contributed by atoms with Crippen molar-refractivity contribution in [2.75, 3.05) is 24.7 Å². The first-order valence-corrected chi connectivity index (χ1v) is 14.2. The number of aryl methyl sites for hydroxylation is 1. The number of nitrogens with one attached hydrogen (secondary N) is 1. The summed E-state index contributed by atoms with van der Waals surface area (Å²) in [7, 11) is -1.08. The van der Waals surface area contributed by atoms with Gasteiger partial charge in [0.25, 0.3) is 0 Å². The predicted molar refractivity (Wildman–Crippen MR) is 143 cm³/mol. The summed E-state index contributed by atoms with van der Waals surface area (Å²) >= 11 is 0. The molecule has 1 fully saturated rings. The minimum absolute atomic E-state index is 0.412. The van der Waals surface area contributed by atoms with Crippen LogP contribution in [0.1, 0.15) is 38.2 Å². The molecular weight excluding hydrogens is 474 g/mol. The van der Waals surface area contributed by atoms with E-state index in [1.165, 1.54) is 11.8 Å². The summed E-state index contributed by atoms with van der Waals surface area (Å²) in [6.45, 7) is 6.31. The molecule has 1 aliphatic heterocycles. The first-order valence-electron chi connectivity index (χ1n) is 12.3. The number of fused-ring (bicyclic) bond motifs is 1. The molecule has 1 saturated heterocycles. The highest BCUT2D eigenvalue weighted by Crippen LogP contribution is 2.27. The van der Waals surface area contributed by atoms with Crippen molar-refractivity contribution in [3.8, 4) is 11.1 Å². The van der Waals surface area contributed by atoms with Gasteiger partial charge in [0.15, 0.2) is 0 Å². The molecule has 9 nitrogen and oxygen atoms in total. The fraction of sp³-hybridized carbons (Fsp3) is 0.423. The number of pyridine rings is 2. The summed E-state index contributed by atoms with van der Waals surface area (Å²) in [4.78, 5) is 9.42. The van der Waals surface area contributed by atoms with Crippen LogP contribution in [-0.4, -0.2) is 56.4 Å². The van der Waals surface area contributed by atoms with Crippen LogP contribution in [0.4, 0.5) is 11.6 Å². The van der Waals surface area contributed by atoms with Crippen LogP contribution >= 0.6 is 0 Å². The van der Waals surface area contributed by atoms with E-state index in [0.29, 0.717) is 24.9 Å². The predicted octanol–water partition coefficient (Wildman–Crippen LogP) is 4.37. The van der Waals surface area contributed by atoms with Crippen LogP contribution in [0.15, 0.2) is 49.1 Å². The molecular formula is C26H33N7O2S. The van der Waals surface area contributed by atoms with Crippen molar-refractivity contribution in [2.45, 2.75) is 39.2 Å². The Bertz CT molecular complexity index is 1480. The number of anilines is 2. The number of aromatic nitrogens is 5. The van der Waals surface area contributed by atoms with E-state index in [0.717, 1.165) is 53.2 Å². The van der Waals surface area contributed by atoms with Crippen molar-refractivity contribution in [1.29, 1.82) is 0 Å². The van der Waals surface area contributed by atoms with Crippen LogP contribution in [0.2, 0.25) is 0 Å². The lowest BCUT2D eigenvalue weighted by atomic mass is 9.98. The zero-order chi connectivity index (χ0) is 25.4. The van der Waals surface area contributed by atoms with Crippen LogP contribution in [0.3, 0.4) is 0 Å². The van der Waals surface area contributed by atoms with Crippen molar-refractivity contribution < 1.29 is 8.42 Å². The molecule has 10 heteroatoms. The SMILES string of the molecule is CC(C)c1cc(Nc2ccc3ncc(-c4cnn(CC5CCN(S(C)(=O)=O)CC5)c4)cc3n2)n(C)c1. The van der Waals surface area contributed by atoms with E-state index >= 15 is 0 Å². The summed E-state index contributed by atoms with van der Waals surface area (Å²) in [5, 5.41) is 7.98. The Morgan fingerprint density at radius 3 is 2.53 bits per heavy atom. The van der Waals surface area contributed by atoms with Crippen molar-refractivity contribution in [1.82, 2.24) is 28.6 Å². The van der Waals surface area contributed by atoms with Crippen LogP contribution in [-0.2, 0) is 23.6 Å². The standard InChI is InChI=1S/C26H33N7O2S/c1-18(2)21-12-26(31(3)16-21)30-25-6-5-23-24(29-25)11-20(13-27-23)22-14-28-32(17-22)15-19-7-9-33(10-8-19)36(4,34)35/h5-6,11-14,16-19H,7-10,15H2,1-4H3,(H,29,30). The molecule has 0 aliphatic carbocycles. The molecule has 4 aromatic rings. The first-order chi connectivity index (χ1) is 17.2. The highest BCUT2D eigenvalue weighted by atomic mass is 32.2. The number of rotatable bonds is 7. The van der Waals surface area contributed by atoms with Gasteiger partial charge in [-0.05, 0) is 54.5 Å².